The van der Waals surface area contributed by atoms with Crippen LogP contribution in [0.5, 0.6) is 0 Å². The minimum Gasteiger partial charge on any atom is -0.360 e. The Balaban J connectivity index is 1.63. The molecular formula is C22H22BrN3O3. The molecule has 6 nitrogen and oxygen atoms in total. The van der Waals surface area contributed by atoms with Crippen molar-refractivity contribution in [2.45, 2.75) is 38.6 Å². The predicted molar refractivity (Wildman–Crippen MR) is 113 cm³/mol. The molecule has 1 fully saturated rings. The Bertz CT molecular complexity index is 1060. The molecule has 150 valence electrons. The minimum atomic E-state index is -0.211. The largest absolute Gasteiger partial charge is 0.360 e. The Morgan fingerprint density at radius 2 is 1.90 bits per heavy atom. The van der Waals surface area contributed by atoms with E-state index >= 15 is 0 Å². The second-order valence-electron chi connectivity index (χ2n) is 7.48. The Kier molecular flexibility index (Phi) is 5.41. The maximum atomic E-state index is 13.3. The van der Waals surface area contributed by atoms with Crippen LogP contribution in [0.15, 0.2) is 45.5 Å². The van der Waals surface area contributed by atoms with Gasteiger partial charge in [0.1, 0.15) is 17.1 Å². The SMILES string of the molecule is Cc1onc(-c2ccc(Br)cc2)c1C(=O)c1cc(C(=O)NC2CCCC2)n(C)c1. The van der Waals surface area contributed by atoms with Crippen LogP contribution in [0.25, 0.3) is 11.3 Å². The third kappa shape index (κ3) is 3.92. The van der Waals surface area contributed by atoms with Crippen molar-refractivity contribution in [3.05, 3.63) is 63.6 Å². The molecule has 1 aliphatic rings. The third-order valence-corrected chi connectivity index (χ3v) is 5.93. The molecule has 4 rings (SSSR count). The molecular weight excluding hydrogens is 434 g/mol. The quantitative estimate of drug-likeness (QED) is 0.567. The van der Waals surface area contributed by atoms with Gasteiger partial charge in [-0.05, 0) is 38.0 Å². The maximum Gasteiger partial charge on any atom is 0.268 e. The smallest absolute Gasteiger partial charge is 0.268 e. The van der Waals surface area contributed by atoms with Gasteiger partial charge in [0, 0.05) is 34.9 Å². The van der Waals surface area contributed by atoms with Crippen LogP contribution < -0.4 is 5.32 Å². The van der Waals surface area contributed by atoms with Crippen LogP contribution in [0, 0.1) is 6.92 Å². The van der Waals surface area contributed by atoms with Gasteiger partial charge in [-0.2, -0.15) is 0 Å². The standard InChI is InChI=1S/C22H22BrN3O3/c1-13-19(20(25-29-13)14-7-9-16(23)10-8-14)21(27)15-11-18(26(2)12-15)22(28)24-17-5-3-4-6-17/h7-12,17H,3-6H2,1-2H3,(H,24,28). The molecule has 0 bridgehead atoms. The van der Waals surface area contributed by atoms with Gasteiger partial charge in [0.25, 0.3) is 5.91 Å². The van der Waals surface area contributed by atoms with Gasteiger partial charge in [0.15, 0.2) is 5.78 Å². The van der Waals surface area contributed by atoms with E-state index in [1.54, 1.807) is 30.8 Å². The molecule has 1 saturated carbocycles. The molecule has 1 aliphatic carbocycles. The second kappa shape index (κ2) is 7.99. The topological polar surface area (TPSA) is 77.1 Å². The molecule has 7 heteroatoms. The summed E-state index contributed by atoms with van der Waals surface area (Å²) in [6, 6.07) is 9.40. The number of carbonyl (C=O) groups is 2. The molecule has 0 atom stereocenters. The molecule has 1 aromatic carbocycles. The van der Waals surface area contributed by atoms with Crippen molar-refractivity contribution in [3.63, 3.8) is 0 Å². The van der Waals surface area contributed by atoms with Gasteiger partial charge < -0.3 is 14.4 Å². The second-order valence-corrected chi connectivity index (χ2v) is 8.39. The summed E-state index contributed by atoms with van der Waals surface area (Å²) >= 11 is 3.41. The van der Waals surface area contributed by atoms with Crippen LogP contribution in [0.4, 0.5) is 0 Å². The summed E-state index contributed by atoms with van der Waals surface area (Å²) < 4.78 is 7.96. The molecule has 1 N–H and O–H groups in total. The monoisotopic (exact) mass is 455 g/mol. The Labute approximate surface area is 177 Å². The Hall–Kier alpha value is -2.67. The van der Waals surface area contributed by atoms with Gasteiger partial charge >= 0.3 is 0 Å². The lowest BCUT2D eigenvalue weighted by molar-refractivity contribution is 0.0929. The molecule has 0 spiro atoms. The minimum absolute atomic E-state index is 0.145. The summed E-state index contributed by atoms with van der Waals surface area (Å²) in [7, 11) is 1.77. The van der Waals surface area contributed by atoms with E-state index in [2.05, 4.69) is 26.4 Å². The van der Waals surface area contributed by atoms with E-state index in [9.17, 15) is 9.59 Å². The van der Waals surface area contributed by atoms with Crippen LogP contribution >= 0.6 is 15.9 Å². The van der Waals surface area contributed by atoms with Crippen molar-refractivity contribution in [2.24, 2.45) is 7.05 Å². The van der Waals surface area contributed by atoms with E-state index in [1.807, 2.05) is 24.3 Å². The van der Waals surface area contributed by atoms with Gasteiger partial charge in [0.05, 0.1) is 5.56 Å². The number of hydrogen-bond donors (Lipinski definition) is 1. The average Bonchev–Trinajstić information content (AvgIpc) is 3.42. The van der Waals surface area contributed by atoms with Gasteiger partial charge in [-0.15, -0.1) is 0 Å². The molecule has 3 aromatic rings. The van der Waals surface area contributed by atoms with Crippen molar-refractivity contribution in [1.29, 1.82) is 0 Å². The fourth-order valence-electron chi connectivity index (χ4n) is 3.83. The van der Waals surface area contributed by atoms with Crippen LogP contribution in [0.1, 0.15) is 57.9 Å². The zero-order chi connectivity index (χ0) is 20.5. The van der Waals surface area contributed by atoms with Crippen molar-refractivity contribution in [1.82, 2.24) is 15.0 Å². The first-order valence-corrected chi connectivity index (χ1v) is 10.5. The van der Waals surface area contributed by atoms with Crippen LogP contribution in [0.2, 0.25) is 0 Å². The summed E-state index contributed by atoms with van der Waals surface area (Å²) in [5.41, 5.74) is 2.62. The number of hydrogen-bond acceptors (Lipinski definition) is 4. The lowest BCUT2D eigenvalue weighted by Gasteiger charge is -2.11. The summed E-state index contributed by atoms with van der Waals surface area (Å²) in [4.78, 5) is 25.9. The summed E-state index contributed by atoms with van der Waals surface area (Å²) in [5, 5.41) is 7.17. The van der Waals surface area contributed by atoms with Crippen LogP contribution in [-0.4, -0.2) is 27.5 Å². The number of carbonyl (C=O) groups excluding carboxylic acids is 2. The molecule has 0 saturated heterocycles. The molecule has 29 heavy (non-hydrogen) atoms. The van der Waals surface area contributed by atoms with Gasteiger partial charge in [-0.25, -0.2) is 0 Å². The Morgan fingerprint density at radius 3 is 2.59 bits per heavy atom. The molecule has 0 aliphatic heterocycles. The lowest BCUT2D eigenvalue weighted by Crippen LogP contribution is -2.33. The third-order valence-electron chi connectivity index (χ3n) is 5.40. The highest BCUT2D eigenvalue weighted by Gasteiger charge is 2.26. The van der Waals surface area contributed by atoms with E-state index in [-0.39, 0.29) is 17.7 Å². The van der Waals surface area contributed by atoms with E-state index in [0.717, 1.165) is 35.7 Å². The maximum absolute atomic E-state index is 13.3. The fraction of sp³-hybridized carbons (Fsp3) is 0.318. The number of halogens is 1. The highest BCUT2D eigenvalue weighted by Crippen LogP contribution is 2.29. The van der Waals surface area contributed by atoms with E-state index < -0.39 is 0 Å². The predicted octanol–water partition coefficient (Wildman–Crippen LogP) is 4.65. The van der Waals surface area contributed by atoms with Crippen molar-refractivity contribution in [3.8, 4) is 11.3 Å². The average molecular weight is 456 g/mol. The normalized spacial score (nSPS) is 14.3. The molecule has 1 amide bonds. The highest BCUT2D eigenvalue weighted by molar-refractivity contribution is 9.10. The molecule has 0 unspecified atom stereocenters. The summed E-state index contributed by atoms with van der Waals surface area (Å²) in [6.45, 7) is 1.72. The fourth-order valence-corrected chi connectivity index (χ4v) is 4.10. The zero-order valence-corrected chi connectivity index (χ0v) is 18.0. The number of nitrogens with zero attached hydrogens (tertiary/aromatic N) is 2. The zero-order valence-electron chi connectivity index (χ0n) is 16.4. The molecule has 2 aromatic heterocycles. The molecule has 0 radical (unpaired) electrons. The number of ketones is 1. The van der Waals surface area contributed by atoms with Crippen molar-refractivity contribution in [2.75, 3.05) is 0 Å². The van der Waals surface area contributed by atoms with Crippen molar-refractivity contribution >= 4 is 27.6 Å². The highest BCUT2D eigenvalue weighted by atomic mass is 79.9. The first kappa shape index (κ1) is 19.6. The number of benzene rings is 1. The van der Waals surface area contributed by atoms with Crippen molar-refractivity contribution < 1.29 is 14.1 Å². The lowest BCUT2D eigenvalue weighted by atomic mass is 9.99. The van der Waals surface area contributed by atoms with Crippen LogP contribution in [-0.2, 0) is 7.05 Å². The summed E-state index contributed by atoms with van der Waals surface area (Å²) in [6.07, 6.45) is 6.00. The van der Waals surface area contributed by atoms with Gasteiger partial charge in [0.2, 0.25) is 0 Å². The number of aryl methyl sites for hydroxylation is 2. The van der Waals surface area contributed by atoms with Crippen LogP contribution in [0.3, 0.4) is 0 Å². The molecule has 2 heterocycles. The van der Waals surface area contributed by atoms with E-state index in [0.29, 0.717) is 28.3 Å². The Morgan fingerprint density at radius 1 is 1.21 bits per heavy atom. The number of rotatable bonds is 5. The van der Waals surface area contributed by atoms with Gasteiger partial charge in [-0.1, -0.05) is 46.1 Å². The number of amides is 1. The number of nitrogens with one attached hydrogen (secondary N) is 1. The van der Waals surface area contributed by atoms with Gasteiger partial charge in [-0.3, -0.25) is 9.59 Å². The van der Waals surface area contributed by atoms with E-state index in [4.69, 9.17) is 4.52 Å². The first-order valence-electron chi connectivity index (χ1n) is 9.68. The van der Waals surface area contributed by atoms with E-state index in [1.165, 1.54) is 0 Å². The summed E-state index contributed by atoms with van der Waals surface area (Å²) in [5.74, 6) is 0.0968. The number of aromatic nitrogens is 2. The first-order chi connectivity index (χ1) is 13.9.